The van der Waals surface area contributed by atoms with Gasteiger partial charge in [0.05, 0.1) is 16.6 Å². The lowest BCUT2D eigenvalue weighted by Crippen LogP contribution is -2.34. The summed E-state index contributed by atoms with van der Waals surface area (Å²) in [5.41, 5.74) is 0. The van der Waals surface area contributed by atoms with Gasteiger partial charge in [0.25, 0.3) is 0 Å². The number of hydrogen-bond donors (Lipinski definition) is 1. The second-order valence-corrected chi connectivity index (χ2v) is 9.33. The third kappa shape index (κ3) is 3.95. The molecule has 0 aliphatic heterocycles. The second kappa shape index (κ2) is 5.27. The highest BCUT2D eigenvalue weighted by molar-refractivity contribution is 7.92. The van der Waals surface area contributed by atoms with Crippen molar-refractivity contribution in [2.24, 2.45) is 11.8 Å². The summed E-state index contributed by atoms with van der Waals surface area (Å²) >= 11 is 0. The van der Waals surface area contributed by atoms with Crippen molar-refractivity contribution in [3.63, 3.8) is 0 Å². The van der Waals surface area contributed by atoms with E-state index in [4.69, 9.17) is 0 Å². The smallest absolute Gasteiger partial charge is 0.155 e. The van der Waals surface area contributed by atoms with Crippen LogP contribution in [0.15, 0.2) is 0 Å². The first-order valence-corrected chi connectivity index (χ1v) is 8.19. The van der Waals surface area contributed by atoms with Crippen LogP contribution in [-0.4, -0.2) is 30.1 Å². The molecular formula is C13H26O3S. The third-order valence-corrected chi connectivity index (χ3v) is 6.53. The molecule has 1 N–H and O–H groups in total. The SMILES string of the molecule is CC1CCC(O)C(CCS(=O)(=O)C(C)(C)C)C1. The van der Waals surface area contributed by atoms with E-state index in [1.165, 1.54) is 0 Å². The van der Waals surface area contributed by atoms with Crippen LogP contribution >= 0.6 is 0 Å². The van der Waals surface area contributed by atoms with Gasteiger partial charge in [0.1, 0.15) is 0 Å². The van der Waals surface area contributed by atoms with Crippen LogP contribution in [0.2, 0.25) is 0 Å². The van der Waals surface area contributed by atoms with E-state index in [1.54, 1.807) is 20.8 Å². The van der Waals surface area contributed by atoms with Gasteiger partial charge >= 0.3 is 0 Å². The molecule has 0 aromatic heterocycles. The standard InChI is InChI=1S/C13H26O3S/c1-10-5-6-12(14)11(9-10)7-8-17(15,16)13(2,3)4/h10-12,14H,5-9H2,1-4H3. The Hall–Kier alpha value is -0.0900. The van der Waals surface area contributed by atoms with Crippen LogP contribution < -0.4 is 0 Å². The molecular weight excluding hydrogens is 236 g/mol. The van der Waals surface area contributed by atoms with Crippen molar-refractivity contribution in [2.75, 3.05) is 5.75 Å². The molecule has 1 aliphatic rings. The molecule has 17 heavy (non-hydrogen) atoms. The molecule has 4 heteroatoms. The van der Waals surface area contributed by atoms with E-state index < -0.39 is 14.6 Å². The maximum absolute atomic E-state index is 12.0. The summed E-state index contributed by atoms with van der Waals surface area (Å²) in [7, 11) is -3.05. The van der Waals surface area contributed by atoms with Gasteiger partial charge in [-0.05, 0) is 58.3 Å². The molecule has 102 valence electrons. The van der Waals surface area contributed by atoms with Crippen LogP contribution in [0, 0.1) is 11.8 Å². The van der Waals surface area contributed by atoms with Crippen molar-refractivity contribution in [2.45, 2.75) is 64.2 Å². The Morgan fingerprint density at radius 3 is 2.35 bits per heavy atom. The van der Waals surface area contributed by atoms with Crippen LogP contribution in [0.25, 0.3) is 0 Å². The molecule has 0 amide bonds. The molecule has 1 aliphatic carbocycles. The van der Waals surface area contributed by atoms with Gasteiger partial charge in [-0.3, -0.25) is 0 Å². The fourth-order valence-corrected chi connectivity index (χ4v) is 3.63. The molecule has 0 radical (unpaired) electrons. The van der Waals surface area contributed by atoms with E-state index in [-0.39, 0.29) is 17.8 Å². The quantitative estimate of drug-likeness (QED) is 0.849. The Morgan fingerprint density at radius 1 is 1.24 bits per heavy atom. The topological polar surface area (TPSA) is 54.4 Å². The highest BCUT2D eigenvalue weighted by Crippen LogP contribution is 2.32. The molecule has 0 heterocycles. The highest BCUT2D eigenvalue weighted by Gasteiger charge is 2.32. The van der Waals surface area contributed by atoms with Crippen molar-refractivity contribution < 1.29 is 13.5 Å². The Morgan fingerprint density at radius 2 is 1.82 bits per heavy atom. The lowest BCUT2D eigenvalue weighted by molar-refractivity contribution is 0.0503. The fourth-order valence-electron chi connectivity index (χ4n) is 2.41. The summed E-state index contributed by atoms with van der Waals surface area (Å²) in [6, 6.07) is 0. The van der Waals surface area contributed by atoms with Gasteiger partial charge in [-0.2, -0.15) is 0 Å². The zero-order chi connectivity index (χ0) is 13.3. The summed E-state index contributed by atoms with van der Waals surface area (Å²) in [4.78, 5) is 0. The summed E-state index contributed by atoms with van der Waals surface area (Å²) in [5.74, 6) is 0.974. The number of sulfone groups is 1. The van der Waals surface area contributed by atoms with Crippen LogP contribution in [0.5, 0.6) is 0 Å². The lowest BCUT2D eigenvalue weighted by Gasteiger charge is -2.32. The average molecular weight is 262 g/mol. The minimum Gasteiger partial charge on any atom is -0.393 e. The van der Waals surface area contributed by atoms with Gasteiger partial charge in [0.15, 0.2) is 9.84 Å². The molecule has 3 nitrogen and oxygen atoms in total. The van der Waals surface area contributed by atoms with Gasteiger partial charge in [-0.15, -0.1) is 0 Å². The van der Waals surface area contributed by atoms with Gasteiger partial charge in [0, 0.05) is 0 Å². The van der Waals surface area contributed by atoms with Crippen LogP contribution in [0.4, 0.5) is 0 Å². The van der Waals surface area contributed by atoms with E-state index in [2.05, 4.69) is 6.92 Å². The Kier molecular flexibility index (Phi) is 4.64. The van der Waals surface area contributed by atoms with E-state index in [1.807, 2.05) is 0 Å². The second-order valence-electron chi connectivity index (χ2n) is 6.47. The molecule has 1 saturated carbocycles. The number of rotatable bonds is 3. The summed E-state index contributed by atoms with van der Waals surface area (Å²) in [6.07, 6.45) is 3.14. The van der Waals surface area contributed by atoms with E-state index in [0.29, 0.717) is 12.3 Å². The highest BCUT2D eigenvalue weighted by atomic mass is 32.2. The predicted octanol–water partition coefficient (Wildman–Crippen LogP) is 2.39. The van der Waals surface area contributed by atoms with Crippen molar-refractivity contribution in [1.29, 1.82) is 0 Å². The van der Waals surface area contributed by atoms with Crippen LogP contribution in [-0.2, 0) is 9.84 Å². The van der Waals surface area contributed by atoms with Gasteiger partial charge in [-0.1, -0.05) is 6.92 Å². The van der Waals surface area contributed by atoms with Gasteiger partial charge in [-0.25, -0.2) is 8.42 Å². The van der Waals surface area contributed by atoms with Crippen LogP contribution in [0.1, 0.15) is 53.4 Å². The monoisotopic (exact) mass is 262 g/mol. The largest absolute Gasteiger partial charge is 0.393 e. The molecule has 0 bridgehead atoms. The molecule has 3 unspecified atom stereocenters. The van der Waals surface area contributed by atoms with Crippen molar-refractivity contribution in [3.05, 3.63) is 0 Å². The first kappa shape index (κ1) is 15.0. The number of hydrogen-bond acceptors (Lipinski definition) is 3. The fraction of sp³-hybridized carbons (Fsp3) is 1.00. The maximum Gasteiger partial charge on any atom is 0.155 e. The van der Waals surface area contributed by atoms with Crippen molar-refractivity contribution in [1.82, 2.24) is 0 Å². The lowest BCUT2D eigenvalue weighted by atomic mass is 9.79. The van der Waals surface area contributed by atoms with Gasteiger partial charge in [0.2, 0.25) is 0 Å². The van der Waals surface area contributed by atoms with E-state index in [0.717, 1.165) is 19.3 Å². The molecule has 1 fully saturated rings. The maximum atomic E-state index is 12.0. The third-order valence-electron chi connectivity index (χ3n) is 3.89. The summed E-state index contributed by atoms with van der Waals surface area (Å²) < 4.78 is 23.3. The Balaban J connectivity index is 2.56. The summed E-state index contributed by atoms with van der Waals surface area (Å²) in [5, 5.41) is 9.89. The Bertz CT molecular complexity index is 340. The molecule has 3 atom stereocenters. The molecule has 0 aromatic rings. The average Bonchev–Trinajstić information content (AvgIpc) is 2.18. The first-order chi connectivity index (χ1) is 7.63. The first-order valence-electron chi connectivity index (χ1n) is 6.54. The molecule has 0 saturated heterocycles. The van der Waals surface area contributed by atoms with E-state index in [9.17, 15) is 13.5 Å². The van der Waals surface area contributed by atoms with Crippen LogP contribution in [0.3, 0.4) is 0 Å². The zero-order valence-electron chi connectivity index (χ0n) is 11.4. The molecule has 0 aromatic carbocycles. The van der Waals surface area contributed by atoms with Crippen molar-refractivity contribution >= 4 is 9.84 Å². The van der Waals surface area contributed by atoms with Crippen molar-refractivity contribution in [3.8, 4) is 0 Å². The minimum atomic E-state index is -3.05. The minimum absolute atomic E-state index is 0.163. The molecule has 0 spiro atoms. The normalized spacial score (nSPS) is 31.5. The van der Waals surface area contributed by atoms with Gasteiger partial charge < -0.3 is 5.11 Å². The molecule has 1 rings (SSSR count). The van der Waals surface area contributed by atoms with E-state index >= 15 is 0 Å². The number of aliphatic hydroxyl groups excluding tert-OH is 1. The zero-order valence-corrected chi connectivity index (χ0v) is 12.3. The number of aliphatic hydroxyl groups is 1. The Labute approximate surface area is 106 Å². The predicted molar refractivity (Wildman–Crippen MR) is 70.7 cm³/mol. The summed E-state index contributed by atoms with van der Waals surface area (Å²) in [6.45, 7) is 7.39.